The van der Waals surface area contributed by atoms with Gasteiger partial charge in [0.1, 0.15) is 11.2 Å². The first kappa shape index (κ1) is 14.0. The number of nitro groups is 1. The molecular formula is C12H13N3O2S2. The summed E-state index contributed by atoms with van der Waals surface area (Å²) in [5.41, 5.74) is 0.0817. The van der Waals surface area contributed by atoms with E-state index in [1.54, 1.807) is 17.4 Å². The molecule has 5 nitrogen and oxygen atoms in total. The molecule has 0 atom stereocenters. The number of hydrogen-bond acceptors (Lipinski definition) is 6. The lowest BCUT2D eigenvalue weighted by Gasteiger charge is -2.14. The summed E-state index contributed by atoms with van der Waals surface area (Å²) in [6.07, 6.45) is 3.14. The van der Waals surface area contributed by atoms with E-state index in [-0.39, 0.29) is 11.1 Å². The Morgan fingerprint density at radius 1 is 1.26 bits per heavy atom. The zero-order valence-corrected chi connectivity index (χ0v) is 12.4. The molecule has 2 aromatic heterocycles. The SMILES string of the molecule is CC(C)(C)c1cnc(Sc2ccc([N+](=O)[O-])cn2)s1. The Hall–Kier alpha value is -1.47. The summed E-state index contributed by atoms with van der Waals surface area (Å²) in [7, 11) is 0. The summed E-state index contributed by atoms with van der Waals surface area (Å²) in [6.45, 7) is 6.41. The fraction of sp³-hybridized carbons (Fsp3) is 0.333. The zero-order chi connectivity index (χ0) is 14.0. The van der Waals surface area contributed by atoms with Gasteiger partial charge in [-0.2, -0.15) is 0 Å². The van der Waals surface area contributed by atoms with E-state index in [4.69, 9.17) is 0 Å². The molecule has 0 N–H and O–H groups in total. The second kappa shape index (κ2) is 5.26. The van der Waals surface area contributed by atoms with Crippen LogP contribution in [-0.4, -0.2) is 14.9 Å². The number of thiazole rings is 1. The van der Waals surface area contributed by atoms with Crippen LogP contribution >= 0.6 is 23.1 Å². The molecule has 19 heavy (non-hydrogen) atoms. The van der Waals surface area contributed by atoms with Gasteiger partial charge in [0.15, 0.2) is 4.34 Å². The van der Waals surface area contributed by atoms with E-state index in [9.17, 15) is 10.1 Å². The maximum Gasteiger partial charge on any atom is 0.287 e. The minimum Gasteiger partial charge on any atom is -0.258 e. The summed E-state index contributed by atoms with van der Waals surface area (Å²) < 4.78 is 0.895. The number of hydrogen-bond donors (Lipinski definition) is 0. The van der Waals surface area contributed by atoms with Crippen LogP contribution in [-0.2, 0) is 5.41 Å². The lowest BCUT2D eigenvalue weighted by atomic mass is 9.96. The molecule has 0 saturated heterocycles. The zero-order valence-electron chi connectivity index (χ0n) is 10.8. The topological polar surface area (TPSA) is 68.9 Å². The first-order valence-electron chi connectivity index (χ1n) is 5.61. The third kappa shape index (κ3) is 3.51. The van der Waals surface area contributed by atoms with Crippen LogP contribution in [0.5, 0.6) is 0 Å². The highest BCUT2D eigenvalue weighted by molar-refractivity contribution is 8.01. The number of rotatable bonds is 3. The molecule has 0 spiro atoms. The molecule has 0 unspecified atom stereocenters. The monoisotopic (exact) mass is 295 g/mol. The predicted octanol–water partition coefficient (Wildman–Crippen LogP) is 3.90. The van der Waals surface area contributed by atoms with Crippen molar-refractivity contribution in [1.29, 1.82) is 0 Å². The number of pyridine rings is 1. The van der Waals surface area contributed by atoms with Gasteiger partial charge in [0.2, 0.25) is 0 Å². The van der Waals surface area contributed by atoms with Gasteiger partial charge in [0.05, 0.1) is 4.92 Å². The largest absolute Gasteiger partial charge is 0.287 e. The quantitative estimate of drug-likeness (QED) is 0.634. The van der Waals surface area contributed by atoms with E-state index < -0.39 is 4.92 Å². The predicted molar refractivity (Wildman–Crippen MR) is 75.8 cm³/mol. The molecule has 7 heteroatoms. The van der Waals surface area contributed by atoms with E-state index >= 15 is 0 Å². The lowest BCUT2D eigenvalue weighted by Crippen LogP contribution is -2.07. The average Bonchev–Trinajstić information content (AvgIpc) is 2.78. The fourth-order valence-corrected chi connectivity index (χ4v) is 3.21. The van der Waals surface area contributed by atoms with Crippen LogP contribution in [0.25, 0.3) is 0 Å². The highest BCUT2D eigenvalue weighted by atomic mass is 32.2. The van der Waals surface area contributed by atoms with Crippen molar-refractivity contribution < 1.29 is 4.92 Å². The molecule has 0 aliphatic heterocycles. The van der Waals surface area contributed by atoms with Crippen molar-refractivity contribution in [3.8, 4) is 0 Å². The Morgan fingerprint density at radius 2 is 2.00 bits per heavy atom. The smallest absolute Gasteiger partial charge is 0.258 e. The van der Waals surface area contributed by atoms with E-state index in [0.717, 1.165) is 4.34 Å². The summed E-state index contributed by atoms with van der Waals surface area (Å²) in [5, 5.41) is 11.2. The lowest BCUT2D eigenvalue weighted by molar-refractivity contribution is -0.385. The molecule has 0 amide bonds. The first-order valence-corrected chi connectivity index (χ1v) is 7.24. The summed E-state index contributed by atoms with van der Waals surface area (Å²) >= 11 is 3.04. The minimum absolute atomic E-state index is 0.00105. The summed E-state index contributed by atoms with van der Waals surface area (Å²) in [6, 6.07) is 3.09. The van der Waals surface area contributed by atoms with Gasteiger partial charge in [-0.15, -0.1) is 11.3 Å². The van der Waals surface area contributed by atoms with Crippen LogP contribution in [0.15, 0.2) is 33.9 Å². The molecular weight excluding hydrogens is 282 g/mol. The summed E-state index contributed by atoms with van der Waals surface area (Å²) in [5.74, 6) is 0. The molecule has 0 aliphatic rings. The van der Waals surface area contributed by atoms with Crippen molar-refractivity contribution in [1.82, 2.24) is 9.97 Å². The number of nitrogens with zero attached hydrogens (tertiary/aromatic N) is 3. The second-order valence-electron chi connectivity index (χ2n) is 4.95. The van der Waals surface area contributed by atoms with Crippen molar-refractivity contribution in [2.75, 3.05) is 0 Å². The van der Waals surface area contributed by atoms with Gasteiger partial charge >= 0.3 is 0 Å². The standard InChI is InChI=1S/C12H13N3O2S2/c1-12(2,3)9-7-14-11(18-9)19-10-5-4-8(6-13-10)15(16)17/h4-7H,1-3H3. The van der Waals surface area contributed by atoms with Crippen LogP contribution in [0, 0.1) is 10.1 Å². The van der Waals surface area contributed by atoms with E-state index in [1.165, 1.54) is 28.9 Å². The Labute approximate surface area is 119 Å². The molecule has 100 valence electrons. The Balaban J connectivity index is 2.13. The van der Waals surface area contributed by atoms with Crippen LogP contribution < -0.4 is 0 Å². The van der Waals surface area contributed by atoms with Gasteiger partial charge in [0, 0.05) is 17.1 Å². The molecule has 0 bridgehead atoms. The van der Waals surface area contributed by atoms with Crippen LogP contribution in [0.2, 0.25) is 0 Å². The Morgan fingerprint density at radius 3 is 2.47 bits per heavy atom. The van der Waals surface area contributed by atoms with Gasteiger partial charge < -0.3 is 0 Å². The van der Waals surface area contributed by atoms with Gasteiger partial charge in [0.25, 0.3) is 5.69 Å². The molecule has 0 aliphatic carbocycles. The van der Waals surface area contributed by atoms with E-state index in [1.807, 2.05) is 6.20 Å². The molecule has 2 aromatic rings. The van der Waals surface area contributed by atoms with Crippen LogP contribution in [0.4, 0.5) is 5.69 Å². The van der Waals surface area contributed by atoms with Crippen molar-refractivity contribution in [3.63, 3.8) is 0 Å². The second-order valence-corrected chi connectivity index (χ2v) is 7.25. The maximum absolute atomic E-state index is 10.5. The minimum atomic E-state index is -0.456. The van der Waals surface area contributed by atoms with Gasteiger partial charge in [-0.3, -0.25) is 10.1 Å². The van der Waals surface area contributed by atoms with Crippen LogP contribution in [0.3, 0.4) is 0 Å². The Bertz CT molecular complexity index is 588. The molecule has 2 rings (SSSR count). The molecule has 2 heterocycles. The van der Waals surface area contributed by atoms with Crippen molar-refractivity contribution >= 4 is 28.8 Å². The highest BCUT2D eigenvalue weighted by Crippen LogP contribution is 2.35. The third-order valence-corrected chi connectivity index (χ3v) is 4.80. The molecule has 0 aromatic carbocycles. The third-order valence-electron chi connectivity index (χ3n) is 2.35. The molecule has 0 saturated carbocycles. The van der Waals surface area contributed by atoms with E-state index in [0.29, 0.717) is 5.03 Å². The molecule has 0 radical (unpaired) electrons. The van der Waals surface area contributed by atoms with Crippen molar-refractivity contribution in [2.24, 2.45) is 0 Å². The Kier molecular flexibility index (Phi) is 3.86. The van der Waals surface area contributed by atoms with Crippen molar-refractivity contribution in [3.05, 3.63) is 39.5 Å². The number of aromatic nitrogens is 2. The fourth-order valence-electron chi connectivity index (χ4n) is 1.28. The van der Waals surface area contributed by atoms with Gasteiger partial charge in [-0.25, -0.2) is 9.97 Å². The van der Waals surface area contributed by atoms with Crippen LogP contribution in [0.1, 0.15) is 25.6 Å². The van der Waals surface area contributed by atoms with Crippen molar-refractivity contribution in [2.45, 2.75) is 35.6 Å². The van der Waals surface area contributed by atoms with Gasteiger partial charge in [-0.1, -0.05) is 20.8 Å². The van der Waals surface area contributed by atoms with E-state index in [2.05, 4.69) is 30.7 Å². The highest BCUT2D eigenvalue weighted by Gasteiger charge is 2.17. The first-order chi connectivity index (χ1) is 8.86. The normalized spacial score (nSPS) is 11.5. The maximum atomic E-state index is 10.5. The summed E-state index contributed by atoms with van der Waals surface area (Å²) in [4.78, 5) is 19.7. The van der Waals surface area contributed by atoms with Gasteiger partial charge in [-0.05, 0) is 23.2 Å². The molecule has 0 fully saturated rings. The average molecular weight is 295 g/mol.